The summed E-state index contributed by atoms with van der Waals surface area (Å²) in [6.07, 6.45) is 1.57. The highest BCUT2D eigenvalue weighted by molar-refractivity contribution is 7.93. The van der Waals surface area contributed by atoms with E-state index in [0.717, 1.165) is 0 Å². The Hall–Kier alpha value is -1.89. The second-order valence-corrected chi connectivity index (χ2v) is 6.74. The fraction of sp³-hybridized carbons (Fsp3) is 0.333. The zero-order valence-electron chi connectivity index (χ0n) is 11.0. The van der Waals surface area contributed by atoms with Crippen LogP contribution in [-0.2, 0) is 17.1 Å². The van der Waals surface area contributed by atoms with Crippen molar-refractivity contribution in [2.24, 2.45) is 7.05 Å². The molecule has 6 nitrogen and oxygen atoms in total. The van der Waals surface area contributed by atoms with E-state index in [-0.39, 0.29) is 0 Å². The highest BCUT2D eigenvalue weighted by Gasteiger charge is 2.18. The van der Waals surface area contributed by atoms with Gasteiger partial charge in [0.05, 0.1) is 10.9 Å². The van der Waals surface area contributed by atoms with E-state index in [1.54, 1.807) is 36.9 Å². The third-order valence-corrected chi connectivity index (χ3v) is 4.50. The molecule has 2 aromatic rings. The molecule has 2 rings (SSSR count). The minimum atomic E-state index is -3.39. The highest BCUT2D eigenvalue weighted by Crippen LogP contribution is 2.26. The summed E-state index contributed by atoms with van der Waals surface area (Å²) in [5, 5.41) is 7.31. The van der Waals surface area contributed by atoms with Gasteiger partial charge in [-0.15, -0.1) is 10.2 Å². The van der Waals surface area contributed by atoms with Crippen molar-refractivity contribution in [2.45, 2.75) is 19.1 Å². The molecule has 0 atom stereocenters. The second-order valence-electron chi connectivity index (χ2n) is 4.51. The Balaban J connectivity index is 2.47. The summed E-state index contributed by atoms with van der Waals surface area (Å²) >= 11 is 0. The Labute approximate surface area is 112 Å². The molecule has 0 radical (unpaired) electrons. The molecule has 0 saturated carbocycles. The van der Waals surface area contributed by atoms with Gasteiger partial charge in [0.2, 0.25) is 10.0 Å². The van der Waals surface area contributed by atoms with Gasteiger partial charge in [0.25, 0.3) is 0 Å². The molecule has 0 unspecified atom stereocenters. The number of para-hydroxylation sites is 1. The summed E-state index contributed by atoms with van der Waals surface area (Å²) in [5.74, 6) is 0.613. The van der Waals surface area contributed by atoms with Gasteiger partial charge < -0.3 is 4.57 Å². The molecule has 1 heterocycles. The number of benzene rings is 1. The number of anilines is 1. The van der Waals surface area contributed by atoms with Crippen LogP contribution in [0.2, 0.25) is 0 Å². The lowest BCUT2D eigenvalue weighted by Crippen LogP contribution is -2.22. The van der Waals surface area contributed by atoms with Gasteiger partial charge in [0.1, 0.15) is 6.33 Å². The van der Waals surface area contributed by atoms with Crippen molar-refractivity contribution in [1.82, 2.24) is 14.8 Å². The van der Waals surface area contributed by atoms with Crippen LogP contribution in [0.5, 0.6) is 0 Å². The van der Waals surface area contributed by atoms with E-state index < -0.39 is 15.3 Å². The van der Waals surface area contributed by atoms with E-state index in [4.69, 9.17) is 0 Å². The normalized spacial score (nSPS) is 11.8. The Morgan fingerprint density at radius 1 is 1.26 bits per heavy atom. The first-order chi connectivity index (χ1) is 8.92. The predicted octanol–water partition coefficient (Wildman–Crippen LogP) is 1.63. The third kappa shape index (κ3) is 2.76. The summed E-state index contributed by atoms with van der Waals surface area (Å²) in [6.45, 7) is 3.26. The number of aryl methyl sites for hydroxylation is 1. The molecule has 0 fully saturated rings. The van der Waals surface area contributed by atoms with Gasteiger partial charge in [-0.25, -0.2) is 8.42 Å². The van der Waals surface area contributed by atoms with Crippen LogP contribution in [0.3, 0.4) is 0 Å². The molecule has 0 spiro atoms. The first kappa shape index (κ1) is 13.5. The quantitative estimate of drug-likeness (QED) is 0.923. The third-order valence-electron chi connectivity index (χ3n) is 2.75. The maximum atomic E-state index is 12.0. The van der Waals surface area contributed by atoms with E-state index in [1.165, 1.54) is 0 Å². The fourth-order valence-corrected chi connectivity index (χ4v) is 2.29. The smallest absolute Gasteiger partial charge is 0.235 e. The van der Waals surface area contributed by atoms with E-state index >= 15 is 0 Å². The average Bonchev–Trinajstić information content (AvgIpc) is 2.75. The number of hydrogen-bond donors (Lipinski definition) is 1. The zero-order valence-corrected chi connectivity index (χ0v) is 11.8. The van der Waals surface area contributed by atoms with Crippen molar-refractivity contribution in [3.63, 3.8) is 0 Å². The maximum absolute atomic E-state index is 12.0. The van der Waals surface area contributed by atoms with Crippen LogP contribution in [-0.4, -0.2) is 28.4 Å². The summed E-state index contributed by atoms with van der Waals surface area (Å²) in [4.78, 5) is 0. The zero-order chi connectivity index (χ0) is 14.0. The molecule has 0 aliphatic carbocycles. The van der Waals surface area contributed by atoms with E-state index in [1.807, 2.05) is 19.2 Å². The summed E-state index contributed by atoms with van der Waals surface area (Å²) in [5.41, 5.74) is 1.21. The van der Waals surface area contributed by atoms with Gasteiger partial charge in [-0.05, 0) is 26.0 Å². The van der Waals surface area contributed by atoms with Crippen LogP contribution in [0.4, 0.5) is 5.69 Å². The lowest BCUT2D eigenvalue weighted by Gasteiger charge is -2.13. The summed E-state index contributed by atoms with van der Waals surface area (Å²) < 4.78 is 28.2. The number of aromatic nitrogens is 3. The standard InChI is InChI=1S/C12H16N4O2S/c1-9(2)19(17,18)15-11-7-5-4-6-10(11)12-14-13-8-16(12)3/h4-9,15H,1-3H3. The first-order valence-corrected chi connectivity index (χ1v) is 7.41. The van der Waals surface area contributed by atoms with Crippen LogP contribution >= 0.6 is 0 Å². The topological polar surface area (TPSA) is 76.9 Å². The SMILES string of the molecule is CC(C)S(=O)(=O)Nc1ccccc1-c1nncn1C. The van der Waals surface area contributed by atoms with Crippen LogP contribution in [0, 0.1) is 0 Å². The molecule has 0 aliphatic rings. The molecular formula is C12H16N4O2S. The lowest BCUT2D eigenvalue weighted by atomic mass is 10.2. The number of sulfonamides is 1. The monoisotopic (exact) mass is 280 g/mol. The van der Waals surface area contributed by atoms with Gasteiger partial charge in [-0.1, -0.05) is 12.1 Å². The molecule has 0 amide bonds. The number of rotatable bonds is 4. The van der Waals surface area contributed by atoms with Gasteiger partial charge in [0, 0.05) is 12.6 Å². The number of nitrogens with one attached hydrogen (secondary N) is 1. The van der Waals surface area contributed by atoms with Crippen LogP contribution in [0.1, 0.15) is 13.8 Å². The number of nitrogens with zero attached hydrogens (tertiary/aromatic N) is 3. The molecule has 0 saturated heterocycles. The number of hydrogen-bond acceptors (Lipinski definition) is 4. The Morgan fingerprint density at radius 3 is 2.53 bits per heavy atom. The Kier molecular flexibility index (Phi) is 3.57. The minimum Gasteiger partial charge on any atom is -0.317 e. The van der Waals surface area contributed by atoms with Crippen LogP contribution in [0.25, 0.3) is 11.4 Å². The van der Waals surface area contributed by atoms with Gasteiger partial charge >= 0.3 is 0 Å². The second kappa shape index (κ2) is 5.00. The molecule has 19 heavy (non-hydrogen) atoms. The van der Waals surface area contributed by atoms with Crippen LogP contribution < -0.4 is 4.72 Å². The van der Waals surface area contributed by atoms with E-state index in [2.05, 4.69) is 14.9 Å². The van der Waals surface area contributed by atoms with Crippen molar-refractivity contribution >= 4 is 15.7 Å². The maximum Gasteiger partial charge on any atom is 0.235 e. The van der Waals surface area contributed by atoms with Gasteiger partial charge in [0.15, 0.2) is 5.82 Å². The molecule has 0 aliphatic heterocycles. The van der Waals surface area contributed by atoms with Crippen molar-refractivity contribution in [2.75, 3.05) is 4.72 Å². The molecule has 0 bridgehead atoms. The van der Waals surface area contributed by atoms with Crippen molar-refractivity contribution in [3.05, 3.63) is 30.6 Å². The average molecular weight is 280 g/mol. The predicted molar refractivity (Wildman–Crippen MR) is 74.1 cm³/mol. The van der Waals surface area contributed by atoms with Crippen molar-refractivity contribution < 1.29 is 8.42 Å². The molecule has 102 valence electrons. The van der Waals surface area contributed by atoms with E-state index in [9.17, 15) is 8.42 Å². The molecule has 7 heteroatoms. The molecule has 1 aromatic heterocycles. The lowest BCUT2D eigenvalue weighted by molar-refractivity contribution is 0.593. The fourth-order valence-electron chi connectivity index (χ4n) is 1.57. The van der Waals surface area contributed by atoms with E-state index in [0.29, 0.717) is 17.1 Å². The molecular weight excluding hydrogens is 264 g/mol. The largest absolute Gasteiger partial charge is 0.317 e. The first-order valence-electron chi connectivity index (χ1n) is 5.87. The summed E-state index contributed by atoms with van der Waals surface area (Å²) in [7, 11) is -1.58. The van der Waals surface area contributed by atoms with Gasteiger partial charge in [-0.3, -0.25) is 4.72 Å². The molecule has 1 aromatic carbocycles. The Bertz CT molecular complexity index is 677. The Morgan fingerprint density at radius 2 is 1.95 bits per heavy atom. The van der Waals surface area contributed by atoms with Crippen molar-refractivity contribution in [3.8, 4) is 11.4 Å². The minimum absolute atomic E-state index is 0.500. The molecule has 1 N–H and O–H groups in total. The van der Waals surface area contributed by atoms with Crippen LogP contribution in [0.15, 0.2) is 30.6 Å². The highest BCUT2D eigenvalue weighted by atomic mass is 32.2. The van der Waals surface area contributed by atoms with Gasteiger partial charge in [-0.2, -0.15) is 0 Å². The summed E-state index contributed by atoms with van der Waals surface area (Å²) in [6, 6.07) is 7.13. The van der Waals surface area contributed by atoms with Crippen molar-refractivity contribution in [1.29, 1.82) is 0 Å².